The van der Waals surface area contributed by atoms with Gasteiger partial charge in [-0.3, -0.25) is 18.8 Å². The summed E-state index contributed by atoms with van der Waals surface area (Å²) in [6.45, 7) is 1.60. The van der Waals surface area contributed by atoms with Crippen LogP contribution in [0.4, 0.5) is 0 Å². The standard InChI is InChI=1S/C21H27N5O2/c1-24-19-18(20(27)25(2)21(24)28)22-17(23-19)14-26(16-10-6-7-11-16)13-12-15-8-4-3-5-9-15/h3-5,8-9,16H,6-7,10-14H2,1-2H3,(H,22,23). The van der Waals surface area contributed by atoms with Gasteiger partial charge < -0.3 is 4.98 Å². The molecular formula is C21H27N5O2. The average Bonchev–Trinajstić information content (AvgIpc) is 3.39. The lowest BCUT2D eigenvalue weighted by Crippen LogP contribution is -2.36. The lowest BCUT2D eigenvalue weighted by Gasteiger charge is -2.28. The van der Waals surface area contributed by atoms with E-state index in [4.69, 9.17) is 0 Å². The van der Waals surface area contributed by atoms with Gasteiger partial charge in [0.05, 0.1) is 6.54 Å². The summed E-state index contributed by atoms with van der Waals surface area (Å²) in [5, 5.41) is 0. The largest absolute Gasteiger partial charge is 0.335 e. The zero-order valence-corrected chi connectivity index (χ0v) is 16.5. The van der Waals surface area contributed by atoms with Crippen LogP contribution in [0.15, 0.2) is 39.9 Å². The second-order valence-electron chi connectivity index (χ2n) is 7.73. The molecule has 0 unspecified atom stereocenters. The van der Waals surface area contributed by atoms with Crippen LogP contribution in [0, 0.1) is 0 Å². The van der Waals surface area contributed by atoms with Crippen molar-refractivity contribution in [2.24, 2.45) is 14.1 Å². The third-order valence-corrected chi connectivity index (χ3v) is 5.87. The van der Waals surface area contributed by atoms with Gasteiger partial charge in [0.15, 0.2) is 5.65 Å². The number of hydrogen-bond acceptors (Lipinski definition) is 4. The van der Waals surface area contributed by atoms with E-state index in [1.807, 2.05) is 6.07 Å². The monoisotopic (exact) mass is 381 g/mol. The number of benzene rings is 1. The predicted molar refractivity (Wildman–Crippen MR) is 109 cm³/mol. The Kier molecular flexibility index (Phi) is 5.17. The lowest BCUT2D eigenvalue weighted by molar-refractivity contribution is 0.188. The average molecular weight is 381 g/mol. The van der Waals surface area contributed by atoms with Crippen molar-refractivity contribution >= 4 is 11.2 Å². The molecule has 3 aromatic rings. The van der Waals surface area contributed by atoms with Crippen molar-refractivity contribution < 1.29 is 0 Å². The number of hydrogen-bond donors (Lipinski definition) is 1. The quantitative estimate of drug-likeness (QED) is 0.708. The molecule has 1 aromatic carbocycles. The van der Waals surface area contributed by atoms with Crippen LogP contribution in [0.3, 0.4) is 0 Å². The van der Waals surface area contributed by atoms with Gasteiger partial charge in [-0.1, -0.05) is 43.2 Å². The predicted octanol–water partition coefficient (Wildman–Crippen LogP) is 1.95. The normalized spacial score (nSPS) is 15.1. The summed E-state index contributed by atoms with van der Waals surface area (Å²) in [6.07, 6.45) is 5.92. The first kappa shape index (κ1) is 18.7. The van der Waals surface area contributed by atoms with Gasteiger partial charge in [0.1, 0.15) is 11.3 Å². The highest BCUT2D eigenvalue weighted by Gasteiger charge is 2.24. The first-order valence-corrected chi connectivity index (χ1v) is 9.97. The Bertz CT molecular complexity index is 1070. The van der Waals surface area contributed by atoms with Crippen LogP contribution in [-0.2, 0) is 27.1 Å². The number of nitrogens with one attached hydrogen (secondary N) is 1. The Morgan fingerprint density at radius 2 is 1.82 bits per heavy atom. The molecule has 0 spiro atoms. The highest BCUT2D eigenvalue weighted by molar-refractivity contribution is 5.69. The molecule has 7 heteroatoms. The first-order chi connectivity index (χ1) is 13.5. The van der Waals surface area contributed by atoms with Crippen molar-refractivity contribution in [1.29, 1.82) is 0 Å². The summed E-state index contributed by atoms with van der Waals surface area (Å²) in [6, 6.07) is 11.1. The zero-order chi connectivity index (χ0) is 19.7. The molecule has 4 rings (SSSR count). The van der Waals surface area contributed by atoms with Crippen molar-refractivity contribution in [3.63, 3.8) is 0 Å². The molecular weight excluding hydrogens is 354 g/mol. The molecule has 0 radical (unpaired) electrons. The van der Waals surface area contributed by atoms with Crippen LogP contribution in [0.2, 0.25) is 0 Å². The van der Waals surface area contributed by atoms with Crippen LogP contribution in [0.1, 0.15) is 37.1 Å². The third kappa shape index (κ3) is 3.54. The van der Waals surface area contributed by atoms with Crippen LogP contribution in [0.25, 0.3) is 11.2 Å². The molecule has 28 heavy (non-hydrogen) atoms. The highest BCUT2D eigenvalue weighted by Crippen LogP contribution is 2.25. The number of fused-ring (bicyclic) bond motifs is 1. The first-order valence-electron chi connectivity index (χ1n) is 9.97. The number of H-pyrrole nitrogens is 1. The third-order valence-electron chi connectivity index (χ3n) is 5.87. The lowest BCUT2D eigenvalue weighted by atomic mass is 10.1. The fourth-order valence-corrected chi connectivity index (χ4v) is 4.22. The van der Waals surface area contributed by atoms with Crippen molar-refractivity contribution in [2.75, 3.05) is 6.54 Å². The van der Waals surface area contributed by atoms with E-state index >= 15 is 0 Å². The van der Waals surface area contributed by atoms with Crippen molar-refractivity contribution in [1.82, 2.24) is 24.0 Å². The van der Waals surface area contributed by atoms with E-state index in [0.29, 0.717) is 23.8 Å². The second kappa shape index (κ2) is 7.75. The minimum absolute atomic E-state index is 0.325. The molecule has 0 bridgehead atoms. The van der Waals surface area contributed by atoms with E-state index in [0.717, 1.165) is 23.4 Å². The van der Waals surface area contributed by atoms with Gasteiger partial charge in [-0.05, 0) is 24.8 Å². The van der Waals surface area contributed by atoms with E-state index in [2.05, 4.69) is 39.1 Å². The Morgan fingerprint density at radius 1 is 1.11 bits per heavy atom. The van der Waals surface area contributed by atoms with Crippen molar-refractivity contribution in [3.05, 3.63) is 62.6 Å². The molecule has 0 aliphatic heterocycles. The maximum Gasteiger partial charge on any atom is 0.332 e. The molecule has 148 valence electrons. The number of aromatic nitrogens is 4. The van der Waals surface area contributed by atoms with Gasteiger partial charge in [0.25, 0.3) is 5.56 Å². The minimum Gasteiger partial charge on any atom is -0.335 e. The maximum atomic E-state index is 12.4. The smallest absolute Gasteiger partial charge is 0.332 e. The van der Waals surface area contributed by atoms with Gasteiger partial charge in [0.2, 0.25) is 0 Å². The number of aromatic amines is 1. The van der Waals surface area contributed by atoms with Crippen molar-refractivity contribution in [2.45, 2.75) is 44.7 Å². The summed E-state index contributed by atoms with van der Waals surface area (Å²) in [5.74, 6) is 0.744. The van der Waals surface area contributed by atoms with Gasteiger partial charge in [-0.15, -0.1) is 0 Å². The molecule has 2 heterocycles. The molecule has 2 aromatic heterocycles. The summed E-state index contributed by atoms with van der Waals surface area (Å²) in [7, 11) is 3.15. The fraction of sp³-hybridized carbons (Fsp3) is 0.476. The van der Waals surface area contributed by atoms with E-state index in [-0.39, 0.29) is 11.2 Å². The molecule has 1 fully saturated rings. The summed E-state index contributed by atoms with van der Waals surface area (Å²) < 4.78 is 2.55. The van der Waals surface area contributed by atoms with Crippen LogP contribution < -0.4 is 11.2 Å². The molecule has 1 aliphatic rings. The number of rotatable bonds is 6. The van der Waals surface area contributed by atoms with Gasteiger partial charge in [0, 0.05) is 26.7 Å². The van der Waals surface area contributed by atoms with Gasteiger partial charge in [-0.25, -0.2) is 9.78 Å². The molecule has 0 amide bonds. The summed E-state index contributed by atoms with van der Waals surface area (Å²) >= 11 is 0. The molecule has 1 aliphatic carbocycles. The van der Waals surface area contributed by atoms with Crippen LogP contribution >= 0.6 is 0 Å². The summed E-state index contributed by atoms with van der Waals surface area (Å²) in [5.41, 5.74) is 1.47. The topological polar surface area (TPSA) is 75.9 Å². The molecule has 0 atom stereocenters. The van der Waals surface area contributed by atoms with E-state index in [1.54, 1.807) is 7.05 Å². The highest BCUT2D eigenvalue weighted by atomic mass is 16.2. The maximum absolute atomic E-state index is 12.4. The van der Waals surface area contributed by atoms with Gasteiger partial charge >= 0.3 is 5.69 Å². The Hall–Kier alpha value is -2.67. The van der Waals surface area contributed by atoms with Crippen LogP contribution in [-0.4, -0.2) is 36.6 Å². The van der Waals surface area contributed by atoms with Crippen molar-refractivity contribution in [3.8, 4) is 0 Å². The summed E-state index contributed by atoms with van der Waals surface area (Å²) in [4.78, 5) is 34.8. The Labute approximate surface area is 163 Å². The molecule has 1 N–H and O–H groups in total. The SMILES string of the molecule is Cn1c(=O)c2[nH]c(CN(CCc3ccccc3)C3CCCC3)nc2n(C)c1=O. The zero-order valence-electron chi connectivity index (χ0n) is 16.5. The molecule has 0 saturated heterocycles. The fourth-order valence-electron chi connectivity index (χ4n) is 4.22. The Balaban J connectivity index is 1.61. The van der Waals surface area contributed by atoms with E-state index in [9.17, 15) is 9.59 Å². The minimum atomic E-state index is -0.354. The van der Waals surface area contributed by atoms with Crippen LogP contribution in [0.5, 0.6) is 0 Å². The number of imidazole rings is 1. The van der Waals surface area contributed by atoms with E-state index < -0.39 is 0 Å². The molecule has 7 nitrogen and oxygen atoms in total. The second-order valence-corrected chi connectivity index (χ2v) is 7.73. The number of nitrogens with zero attached hydrogens (tertiary/aromatic N) is 4. The van der Waals surface area contributed by atoms with E-state index in [1.165, 1.54) is 42.9 Å². The Morgan fingerprint density at radius 3 is 2.54 bits per heavy atom. The molecule has 1 saturated carbocycles. The number of aryl methyl sites for hydroxylation is 1. The van der Waals surface area contributed by atoms with Gasteiger partial charge in [-0.2, -0.15) is 0 Å².